The molecule has 0 saturated carbocycles. The summed E-state index contributed by atoms with van der Waals surface area (Å²) in [5.74, 6) is 1.02. The smallest absolute Gasteiger partial charge is 0.410 e. The standard InChI is InChI=1S/C17H25BN2O4/c1-17(2,3)24-16(21)20-7-5-12(6-8-20)23-15-13(19)9-11(18)10-14(15)22-4/h9-10,12H,5-8,19H2,1-4H3. The molecule has 7 heteroatoms. The van der Waals surface area contributed by atoms with Gasteiger partial charge in [-0.2, -0.15) is 0 Å². The third-order valence-corrected chi connectivity index (χ3v) is 3.70. The summed E-state index contributed by atoms with van der Waals surface area (Å²) in [7, 11) is 7.31. The van der Waals surface area contributed by atoms with E-state index in [1.54, 1.807) is 24.1 Å². The topological polar surface area (TPSA) is 74.0 Å². The molecule has 0 unspecified atom stereocenters. The molecular formula is C17H25BN2O4. The lowest BCUT2D eigenvalue weighted by Gasteiger charge is -2.33. The third-order valence-electron chi connectivity index (χ3n) is 3.70. The predicted octanol–water partition coefficient (Wildman–Crippen LogP) is 1.85. The molecule has 24 heavy (non-hydrogen) atoms. The summed E-state index contributed by atoms with van der Waals surface area (Å²) in [5.41, 5.74) is 6.47. The Hall–Kier alpha value is -2.05. The van der Waals surface area contributed by atoms with Crippen molar-refractivity contribution in [3.63, 3.8) is 0 Å². The number of methoxy groups -OCH3 is 1. The van der Waals surface area contributed by atoms with Gasteiger partial charge in [0.15, 0.2) is 11.5 Å². The van der Waals surface area contributed by atoms with Crippen molar-refractivity contribution in [3.8, 4) is 11.5 Å². The van der Waals surface area contributed by atoms with Crippen molar-refractivity contribution in [2.45, 2.75) is 45.3 Å². The quantitative estimate of drug-likeness (QED) is 0.675. The molecule has 1 saturated heterocycles. The highest BCUT2D eigenvalue weighted by molar-refractivity contribution is 6.32. The van der Waals surface area contributed by atoms with Crippen molar-refractivity contribution in [3.05, 3.63) is 12.1 Å². The van der Waals surface area contributed by atoms with Gasteiger partial charge in [-0.15, -0.1) is 0 Å². The van der Waals surface area contributed by atoms with Gasteiger partial charge in [0.25, 0.3) is 0 Å². The normalized spacial score (nSPS) is 15.9. The van der Waals surface area contributed by atoms with Crippen molar-refractivity contribution in [1.29, 1.82) is 0 Å². The molecular weight excluding hydrogens is 307 g/mol. The molecule has 2 rings (SSSR count). The maximum Gasteiger partial charge on any atom is 0.410 e. The van der Waals surface area contributed by atoms with Gasteiger partial charge in [-0.3, -0.25) is 0 Å². The summed E-state index contributed by atoms with van der Waals surface area (Å²) in [6.07, 6.45) is 1.08. The number of ether oxygens (including phenoxy) is 3. The molecule has 2 N–H and O–H groups in total. The van der Waals surface area contributed by atoms with Crippen molar-refractivity contribution in [1.82, 2.24) is 4.90 Å². The lowest BCUT2D eigenvalue weighted by Crippen LogP contribution is -2.44. The number of carbonyl (C=O) groups excluding carboxylic acids is 1. The van der Waals surface area contributed by atoms with E-state index < -0.39 is 5.60 Å². The lowest BCUT2D eigenvalue weighted by molar-refractivity contribution is 0.0125. The van der Waals surface area contributed by atoms with Gasteiger partial charge in [-0.05, 0) is 32.9 Å². The Kier molecular flexibility index (Phi) is 5.52. The van der Waals surface area contributed by atoms with E-state index in [1.807, 2.05) is 20.8 Å². The number of anilines is 1. The summed E-state index contributed by atoms with van der Waals surface area (Å²) in [4.78, 5) is 13.8. The van der Waals surface area contributed by atoms with Gasteiger partial charge >= 0.3 is 6.09 Å². The number of nitrogen functional groups attached to an aromatic ring is 1. The number of benzene rings is 1. The average Bonchev–Trinajstić information content (AvgIpc) is 2.48. The first-order valence-electron chi connectivity index (χ1n) is 8.07. The molecule has 130 valence electrons. The van der Waals surface area contributed by atoms with Crippen LogP contribution in [-0.2, 0) is 4.74 Å². The molecule has 1 heterocycles. The zero-order valence-corrected chi connectivity index (χ0v) is 14.8. The monoisotopic (exact) mass is 332 g/mol. The average molecular weight is 332 g/mol. The summed E-state index contributed by atoms with van der Waals surface area (Å²) in [5, 5.41) is 0. The molecule has 1 aliphatic heterocycles. The van der Waals surface area contributed by atoms with Gasteiger partial charge in [0.2, 0.25) is 0 Å². The van der Waals surface area contributed by atoms with E-state index in [-0.39, 0.29) is 12.2 Å². The van der Waals surface area contributed by atoms with Crippen LogP contribution >= 0.6 is 0 Å². The molecule has 0 aromatic heterocycles. The van der Waals surface area contributed by atoms with Crippen molar-refractivity contribution < 1.29 is 19.0 Å². The zero-order valence-electron chi connectivity index (χ0n) is 14.8. The van der Waals surface area contributed by atoms with Crippen LogP contribution in [0.3, 0.4) is 0 Å². The fourth-order valence-corrected chi connectivity index (χ4v) is 2.57. The van der Waals surface area contributed by atoms with E-state index in [9.17, 15) is 4.79 Å². The number of carbonyl (C=O) groups is 1. The van der Waals surface area contributed by atoms with Crippen LogP contribution < -0.4 is 20.7 Å². The second kappa shape index (κ2) is 7.24. The number of hydrogen-bond acceptors (Lipinski definition) is 5. The molecule has 1 aromatic rings. The molecule has 6 nitrogen and oxygen atoms in total. The molecule has 2 radical (unpaired) electrons. The van der Waals surface area contributed by atoms with Crippen LogP contribution in [0.5, 0.6) is 11.5 Å². The minimum atomic E-state index is -0.490. The first-order chi connectivity index (χ1) is 11.2. The molecule has 1 aromatic carbocycles. The highest BCUT2D eigenvalue weighted by Gasteiger charge is 2.28. The Balaban J connectivity index is 1.95. The first kappa shape index (κ1) is 18.3. The van der Waals surface area contributed by atoms with E-state index in [2.05, 4.69) is 0 Å². The van der Waals surface area contributed by atoms with E-state index in [0.717, 1.165) is 0 Å². The van der Waals surface area contributed by atoms with Gasteiger partial charge < -0.3 is 24.8 Å². The molecule has 0 bridgehead atoms. The van der Waals surface area contributed by atoms with Crippen LogP contribution in [0.4, 0.5) is 10.5 Å². The minimum Gasteiger partial charge on any atom is -0.493 e. The zero-order chi connectivity index (χ0) is 17.9. The molecule has 1 aliphatic rings. The van der Waals surface area contributed by atoms with E-state index in [1.165, 1.54) is 0 Å². The number of piperidine rings is 1. The largest absolute Gasteiger partial charge is 0.493 e. The number of likely N-dealkylation sites (tertiary alicyclic amines) is 1. The van der Waals surface area contributed by atoms with Crippen LogP contribution in [0.1, 0.15) is 33.6 Å². The molecule has 1 amide bonds. The first-order valence-corrected chi connectivity index (χ1v) is 8.07. The van der Waals surface area contributed by atoms with Gasteiger partial charge in [0.05, 0.1) is 12.8 Å². The number of amides is 1. The van der Waals surface area contributed by atoms with Gasteiger partial charge in [-0.1, -0.05) is 5.46 Å². The Morgan fingerprint density at radius 2 is 1.92 bits per heavy atom. The highest BCUT2D eigenvalue weighted by atomic mass is 16.6. The fraction of sp³-hybridized carbons (Fsp3) is 0.588. The predicted molar refractivity (Wildman–Crippen MR) is 94.3 cm³/mol. The third kappa shape index (κ3) is 4.72. The number of hydrogen-bond donors (Lipinski definition) is 1. The van der Waals surface area contributed by atoms with Crippen molar-refractivity contribution in [2.75, 3.05) is 25.9 Å². The Morgan fingerprint density at radius 3 is 2.46 bits per heavy atom. The van der Waals surface area contributed by atoms with Crippen LogP contribution in [0.25, 0.3) is 0 Å². The van der Waals surface area contributed by atoms with E-state index in [4.69, 9.17) is 27.8 Å². The van der Waals surface area contributed by atoms with Crippen LogP contribution in [0.15, 0.2) is 12.1 Å². The summed E-state index contributed by atoms with van der Waals surface area (Å²) >= 11 is 0. The van der Waals surface area contributed by atoms with Crippen LogP contribution in [0, 0.1) is 0 Å². The highest BCUT2D eigenvalue weighted by Crippen LogP contribution is 2.34. The van der Waals surface area contributed by atoms with Gasteiger partial charge in [0, 0.05) is 25.9 Å². The van der Waals surface area contributed by atoms with Gasteiger partial charge in [0.1, 0.15) is 19.6 Å². The number of rotatable bonds is 3. The summed E-state index contributed by atoms with van der Waals surface area (Å²) in [6, 6.07) is 3.33. The molecule has 0 atom stereocenters. The van der Waals surface area contributed by atoms with Crippen molar-refractivity contribution in [2.24, 2.45) is 0 Å². The molecule has 1 fully saturated rings. The number of nitrogens with two attached hydrogens (primary N) is 1. The fourth-order valence-electron chi connectivity index (χ4n) is 2.57. The maximum atomic E-state index is 12.1. The SMILES string of the molecule is [B]c1cc(N)c(OC2CCN(C(=O)OC(C)(C)C)CC2)c(OC)c1. The Morgan fingerprint density at radius 1 is 1.29 bits per heavy atom. The van der Waals surface area contributed by atoms with Gasteiger partial charge in [-0.25, -0.2) is 4.79 Å². The Labute approximate surface area is 144 Å². The molecule has 0 spiro atoms. The van der Waals surface area contributed by atoms with E-state index in [0.29, 0.717) is 48.6 Å². The lowest BCUT2D eigenvalue weighted by atomic mass is 9.95. The van der Waals surface area contributed by atoms with Crippen LogP contribution in [0.2, 0.25) is 0 Å². The Bertz CT molecular complexity index is 593. The second-order valence-electron chi connectivity index (χ2n) is 6.93. The van der Waals surface area contributed by atoms with E-state index >= 15 is 0 Å². The number of nitrogens with zero attached hydrogens (tertiary/aromatic N) is 1. The van der Waals surface area contributed by atoms with Crippen LogP contribution in [-0.4, -0.2) is 50.7 Å². The van der Waals surface area contributed by atoms with Crippen molar-refractivity contribution >= 4 is 25.1 Å². The second-order valence-corrected chi connectivity index (χ2v) is 6.93. The molecule has 0 aliphatic carbocycles. The summed E-state index contributed by atoms with van der Waals surface area (Å²) in [6.45, 7) is 6.73. The summed E-state index contributed by atoms with van der Waals surface area (Å²) < 4.78 is 16.7. The maximum absolute atomic E-state index is 12.1. The minimum absolute atomic E-state index is 0.0384.